The molecule has 0 spiro atoms. The molecule has 0 saturated carbocycles. The van der Waals surface area contributed by atoms with Gasteiger partial charge in [0.05, 0.1) is 34.9 Å². The summed E-state index contributed by atoms with van der Waals surface area (Å²) in [5.41, 5.74) is 8.78. The molecule has 1 unspecified atom stereocenters. The molecule has 4 rings (SSSR count). The number of nitrogens with zero attached hydrogens (tertiary/aromatic N) is 5. The van der Waals surface area contributed by atoms with Gasteiger partial charge in [-0.05, 0) is 44.0 Å². The number of carbonyl (C=O) groups is 1. The number of anilines is 1. The van der Waals surface area contributed by atoms with Crippen molar-refractivity contribution >= 4 is 11.7 Å². The molecule has 1 saturated heterocycles. The van der Waals surface area contributed by atoms with Gasteiger partial charge in [0.1, 0.15) is 5.82 Å². The summed E-state index contributed by atoms with van der Waals surface area (Å²) in [6.07, 6.45) is 3.46. The van der Waals surface area contributed by atoms with Crippen LogP contribution in [-0.2, 0) is 0 Å². The van der Waals surface area contributed by atoms with Crippen LogP contribution >= 0.6 is 0 Å². The summed E-state index contributed by atoms with van der Waals surface area (Å²) < 4.78 is 1.79. The summed E-state index contributed by atoms with van der Waals surface area (Å²) in [6, 6.07) is 13.3. The number of likely N-dealkylation sites (tertiary alicyclic amines) is 1. The van der Waals surface area contributed by atoms with Gasteiger partial charge in [-0.2, -0.15) is 10.2 Å². The molecular weight excluding hydrogens is 328 g/mol. The Labute approximate surface area is 151 Å². The van der Waals surface area contributed by atoms with Gasteiger partial charge in [0, 0.05) is 6.54 Å². The van der Waals surface area contributed by atoms with Crippen LogP contribution in [0.15, 0.2) is 48.7 Å². The second kappa shape index (κ2) is 6.59. The molecule has 1 fully saturated rings. The lowest BCUT2D eigenvalue weighted by molar-refractivity contribution is 0.0731. The topological polar surface area (TPSA) is 89.9 Å². The zero-order chi connectivity index (χ0) is 18.1. The highest BCUT2D eigenvalue weighted by molar-refractivity contribution is 5.95. The van der Waals surface area contributed by atoms with Gasteiger partial charge in [-0.3, -0.25) is 4.79 Å². The Bertz CT molecular complexity index is 919. The van der Waals surface area contributed by atoms with Crippen LogP contribution < -0.4 is 5.73 Å². The molecule has 0 radical (unpaired) electrons. The zero-order valence-electron chi connectivity index (χ0n) is 14.5. The van der Waals surface area contributed by atoms with E-state index in [9.17, 15) is 4.79 Å². The van der Waals surface area contributed by atoms with Crippen molar-refractivity contribution < 1.29 is 4.79 Å². The number of carbonyl (C=O) groups excluding carboxylic acids is 1. The molecule has 3 aromatic rings. The van der Waals surface area contributed by atoms with E-state index >= 15 is 0 Å². The number of nitrogen functional groups attached to an aromatic ring is 1. The third kappa shape index (κ3) is 2.81. The number of hydrogen-bond donors (Lipinski definition) is 1. The third-order valence-electron chi connectivity index (χ3n) is 4.80. The fraction of sp³-hybridized carbons (Fsp3) is 0.263. The molecule has 26 heavy (non-hydrogen) atoms. The van der Waals surface area contributed by atoms with E-state index in [1.54, 1.807) is 16.9 Å². The van der Waals surface area contributed by atoms with Crippen LogP contribution in [0.1, 0.15) is 40.6 Å². The van der Waals surface area contributed by atoms with Crippen molar-refractivity contribution in [3.63, 3.8) is 0 Å². The monoisotopic (exact) mass is 348 g/mol. The highest BCUT2D eigenvalue weighted by Gasteiger charge is 2.33. The van der Waals surface area contributed by atoms with Gasteiger partial charge in [0.25, 0.3) is 5.91 Å². The normalized spacial score (nSPS) is 16.8. The number of rotatable bonds is 3. The molecule has 2 N–H and O–H groups in total. The highest BCUT2D eigenvalue weighted by atomic mass is 16.2. The van der Waals surface area contributed by atoms with Crippen LogP contribution in [0.3, 0.4) is 0 Å². The Balaban J connectivity index is 1.63. The van der Waals surface area contributed by atoms with E-state index in [4.69, 9.17) is 5.73 Å². The second-order valence-electron chi connectivity index (χ2n) is 6.43. The van der Waals surface area contributed by atoms with E-state index in [-0.39, 0.29) is 11.9 Å². The number of benzene rings is 1. The maximum absolute atomic E-state index is 13.2. The summed E-state index contributed by atoms with van der Waals surface area (Å²) in [5, 5.41) is 12.5. The first-order chi connectivity index (χ1) is 12.6. The lowest BCUT2D eigenvalue weighted by atomic mass is 10.1. The smallest absolute Gasteiger partial charge is 0.257 e. The molecule has 0 bridgehead atoms. The fourth-order valence-electron chi connectivity index (χ4n) is 3.45. The van der Waals surface area contributed by atoms with Gasteiger partial charge in [-0.25, -0.2) is 4.68 Å². The lowest BCUT2D eigenvalue weighted by Gasteiger charge is -2.24. The Morgan fingerprint density at radius 1 is 1.15 bits per heavy atom. The first-order valence-corrected chi connectivity index (χ1v) is 8.65. The number of hydrogen-bond acceptors (Lipinski definition) is 5. The van der Waals surface area contributed by atoms with Crippen LogP contribution in [0, 0.1) is 6.92 Å². The second-order valence-corrected chi connectivity index (χ2v) is 6.43. The Hall–Kier alpha value is -3.22. The van der Waals surface area contributed by atoms with E-state index in [1.807, 2.05) is 48.2 Å². The van der Waals surface area contributed by atoms with Crippen LogP contribution in [-0.4, -0.2) is 37.3 Å². The summed E-state index contributed by atoms with van der Waals surface area (Å²) in [5.74, 6) is 0.357. The van der Waals surface area contributed by atoms with Crippen LogP contribution in [0.4, 0.5) is 5.82 Å². The van der Waals surface area contributed by atoms with Crippen molar-refractivity contribution in [2.24, 2.45) is 0 Å². The average molecular weight is 348 g/mol. The number of para-hydroxylation sites is 1. The molecule has 0 aliphatic carbocycles. The molecule has 132 valence electrons. The summed E-state index contributed by atoms with van der Waals surface area (Å²) in [6.45, 7) is 2.62. The third-order valence-corrected chi connectivity index (χ3v) is 4.80. The fourth-order valence-corrected chi connectivity index (χ4v) is 3.45. The Kier molecular flexibility index (Phi) is 4.12. The SMILES string of the molecule is Cc1c(C(=O)N2CCCC2c2ccc(N)nn2)cnn1-c1ccccc1. The van der Waals surface area contributed by atoms with Gasteiger partial charge in [0.2, 0.25) is 0 Å². The van der Waals surface area contributed by atoms with Crippen molar-refractivity contribution in [1.29, 1.82) is 0 Å². The standard InChI is InChI=1S/C19H20N6O/c1-13-15(12-21-25(13)14-6-3-2-4-7-14)19(26)24-11-5-8-17(24)16-9-10-18(20)23-22-16/h2-4,6-7,9-10,12,17H,5,8,11H2,1H3,(H2,20,23). The van der Waals surface area contributed by atoms with Gasteiger partial charge >= 0.3 is 0 Å². The minimum Gasteiger partial charge on any atom is -0.382 e. The quantitative estimate of drug-likeness (QED) is 0.785. The summed E-state index contributed by atoms with van der Waals surface area (Å²) >= 11 is 0. The first-order valence-electron chi connectivity index (χ1n) is 8.65. The van der Waals surface area contributed by atoms with Gasteiger partial charge in [-0.15, -0.1) is 5.10 Å². The predicted octanol–water partition coefficient (Wildman–Crippen LogP) is 2.53. The van der Waals surface area contributed by atoms with Crippen molar-refractivity contribution in [3.8, 4) is 5.69 Å². The molecule has 1 aromatic carbocycles. The van der Waals surface area contributed by atoms with Crippen LogP contribution in [0.5, 0.6) is 0 Å². The summed E-state index contributed by atoms with van der Waals surface area (Å²) in [7, 11) is 0. The number of amides is 1. The lowest BCUT2D eigenvalue weighted by Crippen LogP contribution is -2.31. The van der Waals surface area contributed by atoms with E-state index in [2.05, 4.69) is 15.3 Å². The van der Waals surface area contributed by atoms with Crippen molar-refractivity contribution in [1.82, 2.24) is 24.9 Å². The highest BCUT2D eigenvalue weighted by Crippen LogP contribution is 2.32. The maximum atomic E-state index is 13.2. The number of nitrogens with two attached hydrogens (primary N) is 1. The largest absolute Gasteiger partial charge is 0.382 e. The van der Waals surface area contributed by atoms with Crippen molar-refractivity contribution in [3.05, 3.63) is 65.6 Å². The van der Waals surface area contributed by atoms with Crippen LogP contribution in [0.25, 0.3) is 5.69 Å². The van der Waals surface area contributed by atoms with Crippen LogP contribution in [0.2, 0.25) is 0 Å². The molecule has 1 aliphatic heterocycles. The zero-order valence-corrected chi connectivity index (χ0v) is 14.5. The van der Waals surface area contributed by atoms with Gasteiger partial charge in [-0.1, -0.05) is 18.2 Å². The van der Waals surface area contributed by atoms with Gasteiger partial charge < -0.3 is 10.6 Å². The predicted molar refractivity (Wildman–Crippen MR) is 97.8 cm³/mol. The Morgan fingerprint density at radius 2 is 1.96 bits per heavy atom. The molecule has 7 heteroatoms. The number of aromatic nitrogens is 4. The molecule has 2 aromatic heterocycles. The summed E-state index contributed by atoms with van der Waals surface area (Å²) in [4.78, 5) is 15.0. The Morgan fingerprint density at radius 3 is 2.69 bits per heavy atom. The molecule has 1 aliphatic rings. The molecule has 1 atom stereocenters. The van der Waals surface area contributed by atoms with Crippen molar-refractivity contribution in [2.75, 3.05) is 12.3 Å². The maximum Gasteiger partial charge on any atom is 0.257 e. The van der Waals surface area contributed by atoms with E-state index in [0.717, 1.165) is 29.9 Å². The minimum absolute atomic E-state index is 0.0224. The van der Waals surface area contributed by atoms with Crippen molar-refractivity contribution in [2.45, 2.75) is 25.8 Å². The molecule has 3 heterocycles. The molecule has 7 nitrogen and oxygen atoms in total. The van der Waals surface area contributed by atoms with E-state index < -0.39 is 0 Å². The first kappa shape index (κ1) is 16.3. The van der Waals surface area contributed by atoms with E-state index in [0.29, 0.717) is 17.9 Å². The molecular formula is C19H20N6O. The van der Waals surface area contributed by atoms with E-state index in [1.165, 1.54) is 0 Å². The minimum atomic E-state index is -0.0740. The van der Waals surface area contributed by atoms with Gasteiger partial charge in [0.15, 0.2) is 0 Å². The average Bonchev–Trinajstić information content (AvgIpc) is 3.29. The molecule has 1 amide bonds.